The van der Waals surface area contributed by atoms with E-state index in [9.17, 15) is 4.79 Å². The van der Waals surface area contributed by atoms with Crippen LogP contribution in [0.3, 0.4) is 0 Å². The topological polar surface area (TPSA) is 29.5 Å². The van der Waals surface area contributed by atoms with E-state index in [0.717, 1.165) is 13.1 Å². The molecule has 0 rings (SSSR count). The molecule has 0 unspecified atom stereocenters. The molecule has 0 aromatic rings. The van der Waals surface area contributed by atoms with Crippen LogP contribution in [0.25, 0.3) is 0 Å². The Balaban J connectivity index is 3.40. The van der Waals surface area contributed by atoms with Gasteiger partial charge >= 0.3 is 5.97 Å². The molecule has 0 amide bonds. The zero-order chi connectivity index (χ0) is 12.4. The first-order chi connectivity index (χ1) is 7.57. The standard InChI is InChI=1S/C13H25NO2/c1-5-6-7-8-9-14(4)10-11-16-13(15)12(2)3/h2,5-11H2,1,3-4H3. The number of esters is 1. The fourth-order valence-electron chi connectivity index (χ4n) is 1.34. The molecular formula is C13H25NO2. The van der Waals surface area contributed by atoms with Crippen molar-refractivity contribution in [1.29, 1.82) is 0 Å². The van der Waals surface area contributed by atoms with Crippen LogP contribution in [0, 0.1) is 0 Å². The first-order valence-corrected chi connectivity index (χ1v) is 6.09. The van der Waals surface area contributed by atoms with Gasteiger partial charge in [-0.15, -0.1) is 0 Å². The van der Waals surface area contributed by atoms with E-state index in [0.29, 0.717) is 12.2 Å². The minimum absolute atomic E-state index is 0.292. The third kappa shape index (κ3) is 8.48. The number of rotatable bonds is 9. The van der Waals surface area contributed by atoms with Crippen molar-refractivity contribution in [1.82, 2.24) is 4.90 Å². The summed E-state index contributed by atoms with van der Waals surface area (Å²) in [6.07, 6.45) is 5.07. The molecule has 0 saturated carbocycles. The lowest BCUT2D eigenvalue weighted by atomic mass is 10.2. The summed E-state index contributed by atoms with van der Waals surface area (Å²) in [6.45, 7) is 9.73. The Labute approximate surface area is 99.5 Å². The second kappa shape index (κ2) is 9.40. The zero-order valence-electron chi connectivity index (χ0n) is 10.9. The highest BCUT2D eigenvalue weighted by atomic mass is 16.5. The minimum Gasteiger partial charge on any atom is -0.461 e. The van der Waals surface area contributed by atoms with Gasteiger partial charge in [0.05, 0.1) is 0 Å². The summed E-state index contributed by atoms with van der Waals surface area (Å²) in [5.41, 5.74) is 0.464. The fraction of sp³-hybridized carbons (Fsp3) is 0.769. The number of ether oxygens (including phenoxy) is 1. The molecular weight excluding hydrogens is 202 g/mol. The van der Waals surface area contributed by atoms with Crippen LogP contribution in [0.1, 0.15) is 39.5 Å². The van der Waals surface area contributed by atoms with Gasteiger partial charge in [-0.1, -0.05) is 32.8 Å². The zero-order valence-corrected chi connectivity index (χ0v) is 10.9. The highest BCUT2D eigenvalue weighted by Crippen LogP contribution is 2.00. The number of hydrogen-bond acceptors (Lipinski definition) is 3. The summed E-state index contributed by atoms with van der Waals surface area (Å²) in [7, 11) is 2.06. The second-order valence-corrected chi connectivity index (χ2v) is 4.28. The summed E-state index contributed by atoms with van der Waals surface area (Å²) in [5, 5.41) is 0. The molecule has 3 nitrogen and oxygen atoms in total. The van der Waals surface area contributed by atoms with Crippen molar-refractivity contribution >= 4 is 5.97 Å². The van der Waals surface area contributed by atoms with Crippen molar-refractivity contribution in [3.63, 3.8) is 0 Å². The minimum atomic E-state index is -0.292. The first kappa shape index (κ1) is 15.2. The number of hydrogen-bond donors (Lipinski definition) is 0. The molecule has 94 valence electrons. The van der Waals surface area contributed by atoms with Crippen LogP contribution in [0.2, 0.25) is 0 Å². The van der Waals surface area contributed by atoms with E-state index in [2.05, 4.69) is 25.5 Å². The molecule has 0 N–H and O–H groups in total. The van der Waals surface area contributed by atoms with Crippen molar-refractivity contribution < 1.29 is 9.53 Å². The Hall–Kier alpha value is -0.830. The van der Waals surface area contributed by atoms with Crippen molar-refractivity contribution in [2.24, 2.45) is 0 Å². The molecule has 3 heteroatoms. The molecule has 0 fully saturated rings. The largest absolute Gasteiger partial charge is 0.461 e. The molecule has 0 saturated heterocycles. The lowest BCUT2D eigenvalue weighted by Gasteiger charge is -2.16. The van der Waals surface area contributed by atoms with E-state index >= 15 is 0 Å². The van der Waals surface area contributed by atoms with Gasteiger partial charge < -0.3 is 9.64 Å². The van der Waals surface area contributed by atoms with Gasteiger partial charge in [0.25, 0.3) is 0 Å². The summed E-state index contributed by atoms with van der Waals surface area (Å²) in [6, 6.07) is 0. The lowest BCUT2D eigenvalue weighted by Crippen LogP contribution is -2.25. The summed E-state index contributed by atoms with van der Waals surface area (Å²) >= 11 is 0. The number of likely N-dealkylation sites (N-methyl/N-ethyl adjacent to an activating group) is 1. The molecule has 0 radical (unpaired) electrons. The highest BCUT2D eigenvalue weighted by molar-refractivity contribution is 5.86. The molecule has 0 heterocycles. The van der Waals surface area contributed by atoms with Crippen molar-refractivity contribution in [3.05, 3.63) is 12.2 Å². The lowest BCUT2D eigenvalue weighted by molar-refractivity contribution is -0.139. The van der Waals surface area contributed by atoms with E-state index in [4.69, 9.17) is 4.74 Å². The fourth-order valence-corrected chi connectivity index (χ4v) is 1.34. The average molecular weight is 227 g/mol. The summed E-state index contributed by atoms with van der Waals surface area (Å²) < 4.78 is 5.02. The van der Waals surface area contributed by atoms with Gasteiger partial charge in [-0.25, -0.2) is 4.79 Å². The third-order valence-corrected chi connectivity index (χ3v) is 2.45. The molecule has 0 spiro atoms. The van der Waals surface area contributed by atoms with E-state index in [1.165, 1.54) is 25.7 Å². The molecule has 0 bridgehead atoms. The maximum absolute atomic E-state index is 11.1. The Bertz CT molecular complexity index is 214. The maximum Gasteiger partial charge on any atom is 0.333 e. The van der Waals surface area contributed by atoms with E-state index in [1.807, 2.05) is 0 Å². The molecule has 0 atom stereocenters. The smallest absolute Gasteiger partial charge is 0.333 e. The van der Waals surface area contributed by atoms with Gasteiger partial charge in [0.2, 0.25) is 0 Å². The van der Waals surface area contributed by atoms with Gasteiger partial charge in [-0.3, -0.25) is 0 Å². The van der Waals surface area contributed by atoms with Crippen molar-refractivity contribution in [3.8, 4) is 0 Å². The van der Waals surface area contributed by atoms with Gasteiger partial charge in [-0.05, 0) is 26.9 Å². The van der Waals surface area contributed by atoms with Crippen molar-refractivity contribution in [2.45, 2.75) is 39.5 Å². The summed E-state index contributed by atoms with van der Waals surface area (Å²) in [4.78, 5) is 13.3. The van der Waals surface area contributed by atoms with Crippen LogP contribution < -0.4 is 0 Å². The molecule has 0 aromatic heterocycles. The van der Waals surface area contributed by atoms with Gasteiger partial charge in [0, 0.05) is 12.1 Å². The first-order valence-electron chi connectivity index (χ1n) is 6.09. The van der Waals surface area contributed by atoms with E-state index < -0.39 is 0 Å². The van der Waals surface area contributed by atoms with Gasteiger partial charge in [0.15, 0.2) is 0 Å². The molecule has 0 aliphatic rings. The Morgan fingerprint density at radius 1 is 1.25 bits per heavy atom. The van der Waals surface area contributed by atoms with E-state index in [1.54, 1.807) is 6.92 Å². The third-order valence-electron chi connectivity index (χ3n) is 2.45. The molecule has 0 aliphatic heterocycles. The molecule has 0 aromatic carbocycles. The van der Waals surface area contributed by atoms with Crippen LogP contribution >= 0.6 is 0 Å². The molecule has 16 heavy (non-hydrogen) atoms. The number of unbranched alkanes of at least 4 members (excludes halogenated alkanes) is 3. The predicted molar refractivity (Wildman–Crippen MR) is 67.4 cm³/mol. The Morgan fingerprint density at radius 3 is 2.50 bits per heavy atom. The second-order valence-electron chi connectivity index (χ2n) is 4.28. The Morgan fingerprint density at radius 2 is 1.94 bits per heavy atom. The Kier molecular flexibility index (Phi) is 8.91. The number of carbonyl (C=O) groups excluding carboxylic acids is 1. The van der Waals surface area contributed by atoms with Crippen molar-refractivity contribution in [2.75, 3.05) is 26.7 Å². The van der Waals surface area contributed by atoms with Gasteiger partial charge in [-0.2, -0.15) is 0 Å². The quantitative estimate of drug-likeness (QED) is 0.344. The SMILES string of the molecule is C=C(C)C(=O)OCCN(C)CCCCCC. The number of nitrogens with zero attached hydrogens (tertiary/aromatic N) is 1. The van der Waals surface area contributed by atoms with Crippen LogP contribution in [-0.4, -0.2) is 37.6 Å². The van der Waals surface area contributed by atoms with Crippen LogP contribution in [0.15, 0.2) is 12.2 Å². The predicted octanol–water partition coefficient (Wildman–Crippen LogP) is 2.62. The van der Waals surface area contributed by atoms with Gasteiger partial charge in [0.1, 0.15) is 6.61 Å². The van der Waals surface area contributed by atoms with Crippen LogP contribution in [0.5, 0.6) is 0 Å². The normalized spacial score (nSPS) is 10.5. The number of carbonyl (C=O) groups is 1. The van der Waals surface area contributed by atoms with Crippen LogP contribution in [-0.2, 0) is 9.53 Å². The average Bonchev–Trinajstić information content (AvgIpc) is 2.24. The monoisotopic (exact) mass is 227 g/mol. The van der Waals surface area contributed by atoms with E-state index in [-0.39, 0.29) is 5.97 Å². The highest BCUT2D eigenvalue weighted by Gasteiger charge is 2.03. The summed E-state index contributed by atoms with van der Waals surface area (Å²) in [5.74, 6) is -0.292. The molecule has 0 aliphatic carbocycles. The maximum atomic E-state index is 11.1. The van der Waals surface area contributed by atoms with Crippen LogP contribution in [0.4, 0.5) is 0 Å².